The van der Waals surface area contributed by atoms with Crippen LogP contribution in [0.3, 0.4) is 0 Å². The van der Waals surface area contributed by atoms with Crippen molar-refractivity contribution in [2.24, 2.45) is 0 Å². The number of nitriles is 1. The summed E-state index contributed by atoms with van der Waals surface area (Å²) in [7, 11) is 1.64. The molecule has 0 saturated carbocycles. The fourth-order valence-corrected chi connectivity index (χ4v) is 4.39. The Morgan fingerprint density at radius 3 is 2.82 bits per heavy atom. The standard InChI is InChI=1S/C25H27N5O3/c1-33-22-5-6-25-24(14-22)23(19(15-26)17-28-25)9-12-29-10-7-20(8-11-29)27-16-18-3-2-4-21(13-18)30(31)32/h2-6,13-14,17,20,27H,7-12,16H2,1H3. The molecule has 0 amide bonds. The Hall–Kier alpha value is -3.54. The number of piperidine rings is 1. The van der Waals surface area contributed by atoms with Crippen LogP contribution in [0.5, 0.6) is 5.75 Å². The van der Waals surface area contributed by atoms with E-state index in [1.165, 1.54) is 6.07 Å². The molecule has 0 bridgehead atoms. The summed E-state index contributed by atoms with van der Waals surface area (Å²) in [5, 5.41) is 25.1. The van der Waals surface area contributed by atoms with Crippen molar-refractivity contribution < 1.29 is 9.66 Å². The Kier molecular flexibility index (Phi) is 7.13. The molecule has 1 aliphatic rings. The molecule has 1 aromatic heterocycles. The van der Waals surface area contributed by atoms with Crippen molar-refractivity contribution in [1.29, 1.82) is 5.26 Å². The normalized spacial score (nSPS) is 14.8. The summed E-state index contributed by atoms with van der Waals surface area (Å²) in [6, 6.07) is 15.2. The quantitative estimate of drug-likeness (QED) is 0.415. The molecule has 8 nitrogen and oxygen atoms in total. The number of methoxy groups -OCH3 is 1. The van der Waals surface area contributed by atoms with E-state index in [0.29, 0.717) is 18.2 Å². The van der Waals surface area contributed by atoms with Crippen LogP contribution in [-0.2, 0) is 13.0 Å². The molecule has 1 N–H and O–H groups in total. The molecule has 170 valence electrons. The molecular weight excluding hydrogens is 418 g/mol. The van der Waals surface area contributed by atoms with Gasteiger partial charge in [-0.2, -0.15) is 5.26 Å². The number of ether oxygens (including phenoxy) is 1. The number of benzene rings is 2. The van der Waals surface area contributed by atoms with Gasteiger partial charge in [0.15, 0.2) is 0 Å². The van der Waals surface area contributed by atoms with E-state index in [-0.39, 0.29) is 10.6 Å². The number of fused-ring (bicyclic) bond motifs is 1. The van der Waals surface area contributed by atoms with E-state index in [4.69, 9.17) is 4.74 Å². The van der Waals surface area contributed by atoms with E-state index >= 15 is 0 Å². The number of nitrogens with one attached hydrogen (secondary N) is 1. The van der Waals surface area contributed by atoms with E-state index in [1.54, 1.807) is 25.4 Å². The minimum Gasteiger partial charge on any atom is -0.497 e. The number of rotatable bonds is 8. The lowest BCUT2D eigenvalue weighted by Gasteiger charge is -2.32. The number of nitro benzene ring substituents is 1. The lowest BCUT2D eigenvalue weighted by molar-refractivity contribution is -0.384. The molecule has 4 rings (SSSR count). The van der Waals surface area contributed by atoms with Crippen LogP contribution in [0.25, 0.3) is 10.9 Å². The highest BCUT2D eigenvalue weighted by Crippen LogP contribution is 2.26. The zero-order chi connectivity index (χ0) is 23.2. The Morgan fingerprint density at radius 1 is 1.27 bits per heavy atom. The van der Waals surface area contributed by atoms with Crippen LogP contribution in [-0.4, -0.2) is 47.6 Å². The zero-order valence-corrected chi connectivity index (χ0v) is 18.7. The smallest absolute Gasteiger partial charge is 0.269 e. The summed E-state index contributed by atoms with van der Waals surface area (Å²) in [4.78, 5) is 17.4. The summed E-state index contributed by atoms with van der Waals surface area (Å²) >= 11 is 0. The van der Waals surface area contributed by atoms with E-state index in [0.717, 1.165) is 66.7 Å². The third kappa shape index (κ3) is 5.45. The van der Waals surface area contributed by atoms with Crippen molar-refractivity contribution in [3.8, 4) is 11.8 Å². The largest absolute Gasteiger partial charge is 0.497 e. The predicted octanol–water partition coefficient (Wildman–Crippen LogP) is 3.82. The SMILES string of the molecule is COc1ccc2ncc(C#N)c(CCN3CCC(NCc4cccc([N+](=O)[O-])c4)CC3)c2c1. The van der Waals surface area contributed by atoms with Crippen LogP contribution < -0.4 is 10.1 Å². The highest BCUT2D eigenvalue weighted by molar-refractivity contribution is 5.85. The molecule has 1 fully saturated rings. The minimum absolute atomic E-state index is 0.127. The molecule has 0 aliphatic carbocycles. The van der Waals surface area contributed by atoms with Gasteiger partial charge < -0.3 is 15.0 Å². The van der Waals surface area contributed by atoms with Crippen LogP contribution >= 0.6 is 0 Å². The lowest BCUT2D eigenvalue weighted by Crippen LogP contribution is -2.42. The summed E-state index contributed by atoms with van der Waals surface area (Å²) < 4.78 is 5.37. The number of likely N-dealkylation sites (tertiary alicyclic amines) is 1. The maximum absolute atomic E-state index is 11.0. The van der Waals surface area contributed by atoms with Crippen LogP contribution in [0.1, 0.15) is 29.5 Å². The molecule has 0 unspecified atom stereocenters. The van der Waals surface area contributed by atoms with Gasteiger partial charge in [-0.3, -0.25) is 15.1 Å². The van der Waals surface area contributed by atoms with Crippen molar-refractivity contribution in [3.63, 3.8) is 0 Å². The van der Waals surface area contributed by atoms with E-state index in [9.17, 15) is 15.4 Å². The molecule has 1 saturated heterocycles. The first-order valence-electron chi connectivity index (χ1n) is 11.1. The Labute approximate surface area is 193 Å². The average molecular weight is 446 g/mol. The fourth-order valence-electron chi connectivity index (χ4n) is 4.39. The van der Waals surface area contributed by atoms with E-state index in [2.05, 4.69) is 21.3 Å². The van der Waals surface area contributed by atoms with Gasteiger partial charge in [-0.15, -0.1) is 0 Å². The second-order valence-corrected chi connectivity index (χ2v) is 8.32. The highest BCUT2D eigenvalue weighted by atomic mass is 16.6. The fraction of sp³-hybridized carbons (Fsp3) is 0.360. The second kappa shape index (κ2) is 10.4. The topological polar surface area (TPSA) is 104 Å². The van der Waals surface area contributed by atoms with Gasteiger partial charge >= 0.3 is 0 Å². The number of non-ortho nitro benzene ring substituents is 1. The summed E-state index contributed by atoms with van der Waals surface area (Å²) in [5.41, 5.74) is 3.56. The van der Waals surface area contributed by atoms with Gasteiger partial charge in [0.25, 0.3) is 5.69 Å². The number of pyridine rings is 1. The van der Waals surface area contributed by atoms with Gasteiger partial charge in [-0.1, -0.05) is 12.1 Å². The molecule has 8 heteroatoms. The second-order valence-electron chi connectivity index (χ2n) is 8.32. The first-order chi connectivity index (χ1) is 16.1. The number of hydrogen-bond acceptors (Lipinski definition) is 7. The first kappa shape index (κ1) is 22.6. The molecule has 0 radical (unpaired) electrons. The van der Waals surface area contributed by atoms with Crippen LogP contribution in [0.4, 0.5) is 5.69 Å². The molecule has 0 spiro atoms. The Balaban J connectivity index is 1.33. The van der Waals surface area contributed by atoms with Crippen molar-refractivity contribution in [2.75, 3.05) is 26.7 Å². The third-order valence-electron chi connectivity index (χ3n) is 6.29. The van der Waals surface area contributed by atoms with Crippen molar-refractivity contribution in [1.82, 2.24) is 15.2 Å². The maximum Gasteiger partial charge on any atom is 0.269 e. The number of nitro groups is 1. The molecule has 2 aromatic carbocycles. The van der Waals surface area contributed by atoms with Crippen molar-refractivity contribution in [3.05, 3.63) is 75.5 Å². The van der Waals surface area contributed by atoms with Gasteiger partial charge in [-0.05, 0) is 61.7 Å². The molecular formula is C25H27N5O3. The molecule has 33 heavy (non-hydrogen) atoms. The zero-order valence-electron chi connectivity index (χ0n) is 18.7. The van der Waals surface area contributed by atoms with Gasteiger partial charge in [0.2, 0.25) is 0 Å². The minimum atomic E-state index is -0.359. The Bertz CT molecular complexity index is 1180. The van der Waals surface area contributed by atoms with Crippen molar-refractivity contribution >= 4 is 16.6 Å². The molecule has 1 aliphatic heterocycles. The average Bonchev–Trinajstić information content (AvgIpc) is 2.86. The highest BCUT2D eigenvalue weighted by Gasteiger charge is 2.20. The lowest BCUT2D eigenvalue weighted by atomic mass is 9.99. The van der Waals surface area contributed by atoms with Crippen LogP contribution in [0.15, 0.2) is 48.7 Å². The monoisotopic (exact) mass is 445 g/mol. The Morgan fingerprint density at radius 2 is 2.09 bits per heavy atom. The molecule has 2 heterocycles. The number of nitrogens with zero attached hydrogens (tertiary/aromatic N) is 4. The summed E-state index contributed by atoms with van der Waals surface area (Å²) in [6.45, 7) is 3.45. The number of hydrogen-bond donors (Lipinski definition) is 1. The van der Waals surface area contributed by atoms with Gasteiger partial charge in [-0.25, -0.2) is 0 Å². The van der Waals surface area contributed by atoms with Gasteiger partial charge in [0.05, 0.1) is 23.1 Å². The molecule has 3 aromatic rings. The third-order valence-corrected chi connectivity index (χ3v) is 6.29. The van der Waals surface area contributed by atoms with Crippen molar-refractivity contribution in [2.45, 2.75) is 31.8 Å². The first-order valence-corrected chi connectivity index (χ1v) is 11.1. The van der Waals surface area contributed by atoms with E-state index in [1.807, 2.05) is 24.3 Å². The summed E-state index contributed by atoms with van der Waals surface area (Å²) in [5.74, 6) is 0.760. The number of aromatic nitrogens is 1. The van der Waals surface area contributed by atoms with Crippen LogP contribution in [0.2, 0.25) is 0 Å². The maximum atomic E-state index is 11.0. The predicted molar refractivity (Wildman–Crippen MR) is 126 cm³/mol. The summed E-state index contributed by atoms with van der Waals surface area (Å²) in [6.07, 6.45) is 4.48. The van der Waals surface area contributed by atoms with Gasteiger partial charge in [0, 0.05) is 42.8 Å². The molecule has 0 atom stereocenters. The van der Waals surface area contributed by atoms with E-state index < -0.39 is 0 Å². The van der Waals surface area contributed by atoms with Crippen LogP contribution in [0, 0.1) is 21.4 Å². The van der Waals surface area contributed by atoms with Gasteiger partial charge in [0.1, 0.15) is 11.8 Å².